The second-order valence-electron chi connectivity index (χ2n) is 2.26. The second kappa shape index (κ2) is 8.92. The van der Waals surface area contributed by atoms with Gasteiger partial charge in [0.05, 0.1) is 0 Å². The van der Waals surface area contributed by atoms with Crippen molar-refractivity contribution in [3.8, 4) is 0 Å². The van der Waals surface area contributed by atoms with Crippen LogP contribution in [0.25, 0.3) is 0 Å². The molecule has 1 nitrogen and oxygen atoms in total. The Bertz CT molecular complexity index is 74.1. The van der Waals surface area contributed by atoms with Gasteiger partial charge in [-0.25, -0.2) is 0 Å². The fourth-order valence-electron chi connectivity index (χ4n) is 0.858. The summed E-state index contributed by atoms with van der Waals surface area (Å²) in [5.41, 5.74) is 0. The number of hydrogen-bond acceptors (Lipinski definition) is 1. The van der Waals surface area contributed by atoms with Crippen molar-refractivity contribution < 1.29 is 0 Å². The van der Waals surface area contributed by atoms with Gasteiger partial charge in [0.2, 0.25) is 0 Å². The van der Waals surface area contributed by atoms with Crippen molar-refractivity contribution in [2.24, 2.45) is 0 Å². The van der Waals surface area contributed by atoms with Gasteiger partial charge in [0.25, 0.3) is 0 Å². The zero-order valence-electron chi connectivity index (χ0n) is 6.53. The van der Waals surface area contributed by atoms with E-state index in [4.69, 9.17) is 34.8 Å². The normalized spacial score (nSPS) is 10.9. The van der Waals surface area contributed by atoms with Crippen LogP contribution in [-0.2, 0) is 0 Å². The van der Waals surface area contributed by atoms with Crippen LogP contribution in [0.5, 0.6) is 0 Å². The van der Waals surface area contributed by atoms with Crippen LogP contribution >= 0.6 is 34.8 Å². The fourth-order valence-corrected chi connectivity index (χ4v) is 1.46. The van der Waals surface area contributed by atoms with Crippen LogP contribution in [0.15, 0.2) is 0 Å². The molecule has 4 heteroatoms. The van der Waals surface area contributed by atoms with Gasteiger partial charge in [-0.05, 0) is 13.0 Å². The Hall–Kier alpha value is 0.830. The van der Waals surface area contributed by atoms with Crippen LogP contribution in [0.4, 0.5) is 0 Å². The third-order valence-corrected chi connectivity index (χ3v) is 2.01. The number of alkyl halides is 3. The Morgan fingerprint density at radius 3 is 1.64 bits per heavy atom. The third kappa shape index (κ3) is 7.20. The Morgan fingerprint density at radius 2 is 1.27 bits per heavy atom. The number of nitrogens with zero attached hydrogens (tertiary/aromatic N) is 1. The minimum absolute atomic E-state index is 0.666. The molecule has 0 aliphatic rings. The first kappa shape index (κ1) is 11.8. The van der Waals surface area contributed by atoms with Gasteiger partial charge in [-0.3, -0.25) is 0 Å². The maximum Gasteiger partial charge on any atom is 0.0351 e. The molecule has 0 N–H and O–H groups in total. The van der Waals surface area contributed by atoms with E-state index in [1.807, 2.05) is 0 Å². The lowest BCUT2D eigenvalue weighted by Crippen LogP contribution is -2.29. The molecule has 0 spiro atoms. The molecule has 0 unspecified atom stereocenters. The maximum absolute atomic E-state index is 5.59. The van der Waals surface area contributed by atoms with Crippen molar-refractivity contribution >= 4 is 34.8 Å². The molecule has 0 aromatic carbocycles. The highest BCUT2D eigenvalue weighted by Crippen LogP contribution is 1.95. The van der Waals surface area contributed by atoms with Gasteiger partial charge in [0.15, 0.2) is 0 Å². The average Bonchev–Trinajstić information content (AvgIpc) is 2.01. The molecule has 0 aliphatic heterocycles. The zero-order valence-corrected chi connectivity index (χ0v) is 8.80. The van der Waals surface area contributed by atoms with Crippen molar-refractivity contribution in [2.45, 2.75) is 6.42 Å². The molecule has 0 fully saturated rings. The molecule has 11 heavy (non-hydrogen) atoms. The van der Waals surface area contributed by atoms with Gasteiger partial charge >= 0.3 is 0 Å². The summed E-state index contributed by atoms with van der Waals surface area (Å²) in [5, 5.41) is 0. The van der Waals surface area contributed by atoms with Gasteiger partial charge in [0, 0.05) is 30.7 Å². The van der Waals surface area contributed by atoms with Crippen molar-refractivity contribution in [1.29, 1.82) is 0 Å². The van der Waals surface area contributed by atoms with Crippen LogP contribution < -0.4 is 0 Å². The number of halogens is 3. The minimum atomic E-state index is 0.666. The van der Waals surface area contributed by atoms with E-state index >= 15 is 0 Å². The molecule has 0 aliphatic carbocycles. The van der Waals surface area contributed by atoms with E-state index < -0.39 is 0 Å². The standard InChI is InChI=1S/C7H14Cl3N/c8-2-1-5-11(6-3-9)7-4-10/h1-7H2. The van der Waals surface area contributed by atoms with Crippen LogP contribution in [0, 0.1) is 0 Å². The van der Waals surface area contributed by atoms with Gasteiger partial charge in [-0.1, -0.05) is 0 Å². The minimum Gasteiger partial charge on any atom is -0.301 e. The molecule has 0 saturated carbocycles. The van der Waals surface area contributed by atoms with E-state index in [0.29, 0.717) is 17.6 Å². The van der Waals surface area contributed by atoms with Crippen LogP contribution in [0.2, 0.25) is 0 Å². The lowest BCUT2D eigenvalue weighted by Gasteiger charge is -2.18. The summed E-state index contributed by atoms with van der Waals surface area (Å²) in [7, 11) is 0. The maximum atomic E-state index is 5.59. The summed E-state index contributed by atoms with van der Waals surface area (Å²) in [6, 6.07) is 0. The van der Waals surface area contributed by atoms with Gasteiger partial charge in [-0.15, -0.1) is 34.8 Å². The van der Waals surface area contributed by atoms with Crippen molar-refractivity contribution in [3.05, 3.63) is 0 Å². The van der Waals surface area contributed by atoms with Crippen molar-refractivity contribution in [1.82, 2.24) is 4.90 Å². The highest BCUT2D eigenvalue weighted by Gasteiger charge is 2.01. The van der Waals surface area contributed by atoms with Crippen LogP contribution in [0.1, 0.15) is 6.42 Å². The molecular formula is C7H14Cl3N. The Morgan fingerprint density at radius 1 is 0.727 bits per heavy atom. The molecule has 0 aromatic heterocycles. The summed E-state index contributed by atoms with van der Waals surface area (Å²) in [4.78, 5) is 2.22. The van der Waals surface area contributed by atoms with E-state index in [2.05, 4.69) is 4.90 Å². The monoisotopic (exact) mass is 217 g/mol. The molecule has 0 aromatic rings. The highest BCUT2D eigenvalue weighted by molar-refractivity contribution is 6.18. The molecule has 0 amide bonds. The average molecular weight is 219 g/mol. The largest absolute Gasteiger partial charge is 0.301 e. The predicted molar refractivity (Wildman–Crippen MR) is 53.2 cm³/mol. The quantitative estimate of drug-likeness (QED) is 0.593. The van der Waals surface area contributed by atoms with E-state index in [0.717, 1.165) is 26.1 Å². The van der Waals surface area contributed by atoms with E-state index in [1.165, 1.54) is 0 Å². The zero-order chi connectivity index (χ0) is 8.53. The van der Waals surface area contributed by atoms with Gasteiger partial charge in [-0.2, -0.15) is 0 Å². The first-order valence-corrected chi connectivity index (χ1v) is 5.35. The molecule has 0 heterocycles. The second-order valence-corrected chi connectivity index (χ2v) is 3.40. The van der Waals surface area contributed by atoms with Gasteiger partial charge in [0.1, 0.15) is 0 Å². The third-order valence-electron chi connectivity index (χ3n) is 1.41. The van der Waals surface area contributed by atoms with Gasteiger partial charge < -0.3 is 4.90 Å². The summed E-state index contributed by atoms with van der Waals surface area (Å²) in [6.45, 7) is 2.82. The Kier molecular flexibility index (Phi) is 9.60. The van der Waals surface area contributed by atoms with Crippen molar-refractivity contribution in [3.63, 3.8) is 0 Å². The Labute approximate surface area is 83.6 Å². The van der Waals surface area contributed by atoms with E-state index in [1.54, 1.807) is 0 Å². The molecule has 0 bridgehead atoms. The summed E-state index contributed by atoms with van der Waals surface area (Å²) >= 11 is 16.7. The fraction of sp³-hybridized carbons (Fsp3) is 1.00. The molecule has 0 atom stereocenters. The predicted octanol–water partition coefficient (Wildman–Crippen LogP) is 2.39. The lowest BCUT2D eigenvalue weighted by atomic mass is 10.4. The SMILES string of the molecule is ClCCCN(CCCl)CCCl. The Balaban J connectivity index is 3.34. The summed E-state index contributed by atoms with van der Waals surface area (Å²) < 4.78 is 0. The van der Waals surface area contributed by atoms with Crippen LogP contribution in [-0.4, -0.2) is 42.2 Å². The molecule has 0 saturated heterocycles. The molecule has 68 valence electrons. The van der Waals surface area contributed by atoms with E-state index in [-0.39, 0.29) is 0 Å². The summed E-state index contributed by atoms with van der Waals surface area (Å²) in [5.74, 6) is 2.04. The smallest absolute Gasteiger partial charge is 0.0351 e. The summed E-state index contributed by atoms with van der Waals surface area (Å²) in [6.07, 6.45) is 1.01. The lowest BCUT2D eigenvalue weighted by molar-refractivity contribution is 0.309. The molecule has 0 radical (unpaired) electrons. The molecular weight excluding hydrogens is 204 g/mol. The van der Waals surface area contributed by atoms with Crippen molar-refractivity contribution in [2.75, 3.05) is 37.3 Å². The molecule has 0 rings (SSSR count). The number of rotatable bonds is 7. The topological polar surface area (TPSA) is 3.24 Å². The first-order chi connectivity index (χ1) is 5.35. The highest BCUT2D eigenvalue weighted by atomic mass is 35.5. The van der Waals surface area contributed by atoms with Crippen LogP contribution in [0.3, 0.4) is 0 Å². The number of hydrogen-bond donors (Lipinski definition) is 0. The van der Waals surface area contributed by atoms with E-state index in [9.17, 15) is 0 Å². The first-order valence-electron chi connectivity index (χ1n) is 3.75.